The summed E-state index contributed by atoms with van der Waals surface area (Å²) < 4.78 is 5.02. The SMILES string of the molecule is O=[N+]([O-])c1ccc(/C=C/c2cnc3cc(Cl)c(Cl)cc3n2)o1. The maximum absolute atomic E-state index is 10.5. The van der Waals surface area contributed by atoms with Crippen molar-refractivity contribution in [3.05, 3.63) is 62.1 Å². The van der Waals surface area contributed by atoms with Crippen LogP contribution >= 0.6 is 23.2 Å². The third-order valence-corrected chi connectivity index (χ3v) is 3.54. The number of aromatic nitrogens is 2. The molecule has 0 aliphatic carbocycles. The van der Waals surface area contributed by atoms with Crippen LogP contribution in [0.3, 0.4) is 0 Å². The molecular weight excluding hydrogens is 329 g/mol. The second-order valence-corrected chi connectivity index (χ2v) is 5.13. The summed E-state index contributed by atoms with van der Waals surface area (Å²) in [5, 5.41) is 11.3. The van der Waals surface area contributed by atoms with Gasteiger partial charge in [0.2, 0.25) is 0 Å². The van der Waals surface area contributed by atoms with Crippen molar-refractivity contribution in [2.45, 2.75) is 0 Å². The Labute approximate surface area is 134 Å². The van der Waals surface area contributed by atoms with Crippen LogP contribution in [0.1, 0.15) is 11.5 Å². The van der Waals surface area contributed by atoms with Gasteiger partial charge >= 0.3 is 5.88 Å². The average Bonchev–Trinajstić information content (AvgIpc) is 2.95. The standard InChI is InChI=1S/C14H7Cl2N3O3/c15-10-5-12-13(6-11(10)16)18-8(7-17-12)1-2-9-3-4-14(22-9)19(20)21/h1-7H/b2-1+. The van der Waals surface area contributed by atoms with E-state index in [-0.39, 0.29) is 5.88 Å². The first-order chi connectivity index (χ1) is 10.5. The van der Waals surface area contributed by atoms with Crippen molar-refractivity contribution in [1.82, 2.24) is 9.97 Å². The number of fused-ring (bicyclic) bond motifs is 1. The van der Waals surface area contributed by atoms with E-state index in [0.29, 0.717) is 32.5 Å². The van der Waals surface area contributed by atoms with E-state index in [1.807, 2.05) is 0 Å². The summed E-state index contributed by atoms with van der Waals surface area (Å²) in [7, 11) is 0. The molecule has 1 aromatic carbocycles. The van der Waals surface area contributed by atoms with Crippen LogP contribution in [0.5, 0.6) is 0 Å². The Morgan fingerprint density at radius 3 is 2.55 bits per heavy atom. The highest BCUT2D eigenvalue weighted by molar-refractivity contribution is 6.42. The van der Waals surface area contributed by atoms with Crippen LogP contribution in [0.25, 0.3) is 23.2 Å². The zero-order valence-electron chi connectivity index (χ0n) is 10.9. The molecule has 0 N–H and O–H groups in total. The molecule has 3 rings (SSSR count). The van der Waals surface area contributed by atoms with Crippen molar-refractivity contribution in [2.24, 2.45) is 0 Å². The quantitative estimate of drug-likeness (QED) is 0.515. The Kier molecular flexibility index (Phi) is 3.79. The van der Waals surface area contributed by atoms with Crippen LogP contribution in [0.2, 0.25) is 10.0 Å². The molecule has 0 aliphatic heterocycles. The molecule has 0 spiro atoms. The van der Waals surface area contributed by atoms with E-state index >= 15 is 0 Å². The van der Waals surface area contributed by atoms with Gasteiger partial charge in [-0.3, -0.25) is 15.1 Å². The normalized spacial score (nSPS) is 11.4. The van der Waals surface area contributed by atoms with Crippen molar-refractivity contribution < 1.29 is 9.34 Å². The van der Waals surface area contributed by atoms with E-state index in [2.05, 4.69) is 9.97 Å². The fraction of sp³-hybridized carbons (Fsp3) is 0. The first-order valence-electron chi connectivity index (χ1n) is 6.07. The summed E-state index contributed by atoms with van der Waals surface area (Å²) in [5.41, 5.74) is 1.78. The molecule has 2 aromatic heterocycles. The molecule has 3 aromatic rings. The van der Waals surface area contributed by atoms with Crippen LogP contribution in [0, 0.1) is 10.1 Å². The van der Waals surface area contributed by atoms with Crippen molar-refractivity contribution in [3.63, 3.8) is 0 Å². The highest BCUT2D eigenvalue weighted by Crippen LogP contribution is 2.26. The van der Waals surface area contributed by atoms with E-state index in [0.717, 1.165) is 0 Å². The monoisotopic (exact) mass is 335 g/mol. The zero-order valence-corrected chi connectivity index (χ0v) is 12.4. The van der Waals surface area contributed by atoms with Gasteiger partial charge in [-0.1, -0.05) is 23.2 Å². The number of hydrogen-bond acceptors (Lipinski definition) is 5. The molecule has 22 heavy (non-hydrogen) atoms. The predicted octanol–water partition coefficient (Wildman–Crippen LogP) is 4.61. The summed E-state index contributed by atoms with van der Waals surface area (Å²) in [4.78, 5) is 18.5. The van der Waals surface area contributed by atoms with Gasteiger partial charge in [-0.2, -0.15) is 0 Å². The maximum atomic E-state index is 10.5. The molecule has 0 atom stereocenters. The molecule has 0 bridgehead atoms. The molecule has 0 fully saturated rings. The molecule has 0 saturated carbocycles. The van der Waals surface area contributed by atoms with Gasteiger partial charge in [0.25, 0.3) is 0 Å². The van der Waals surface area contributed by atoms with Gasteiger partial charge in [0, 0.05) is 0 Å². The van der Waals surface area contributed by atoms with Crippen molar-refractivity contribution >= 4 is 52.3 Å². The molecule has 0 saturated heterocycles. The van der Waals surface area contributed by atoms with Gasteiger partial charge in [-0.25, -0.2) is 4.98 Å². The van der Waals surface area contributed by atoms with Crippen LogP contribution < -0.4 is 0 Å². The number of halogens is 2. The van der Waals surface area contributed by atoms with Gasteiger partial charge in [-0.05, 0) is 30.4 Å². The third kappa shape index (κ3) is 2.93. The van der Waals surface area contributed by atoms with Gasteiger partial charge in [0.05, 0.1) is 39.0 Å². The summed E-state index contributed by atoms with van der Waals surface area (Å²) in [6.45, 7) is 0. The third-order valence-electron chi connectivity index (χ3n) is 2.81. The van der Waals surface area contributed by atoms with Gasteiger partial charge < -0.3 is 4.42 Å². The Balaban J connectivity index is 1.91. The number of nitro groups is 1. The predicted molar refractivity (Wildman–Crippen MR) is 83.8 cm³/mol. The second kappa shape index (κ2) is 5.75. The van der Waals surface area contributed by atoms with Crippen LogP contribution in [0.15, 0.2) is 34.9 Å². The van der Waals surface area contributed by atoms with Crippen LogP contribution in [-0.2, 0) is 0 Å². The number of furan rings is 1. The van der Waals surface area contributed by atoms with Crippen molar-refractivity contribution in [2.75, 3.05) is 0 Å². The van der Waals surface area contributed by atoms with Crippen molar-refractivity contribution in [3.8, 4) is 0 Å². The van der Waals surface area contributed by atoms with Gasteiger partial charge in [0.15, 0.2) is 0 Å². The fourth-order valence-electron chi connectivity index (χ4n) is 1.80. The molecule has 0 radical (unpaired) electrons. The minimum absolute atomic E-state index is 0.314. The number of hydrogen-bond donors (Lipinski definition) is 0. The molecule has 2 heterocycles. The summed E-state index contributed by atoms with van der Waals surface area (Å²) in [6.07, 6.45) is 4.76. The fourth-order valence-corrected chi connectivity index (χ4v) is 2.12. The molecule has 0 amide bonds. The van der Waals surface area contributed by atoms with E-state index in [9.17, 15) is 10.1 Å². The Bertz CT molecular complexity index is 905. The minimum Gasteiger partial charge on any atom is -0.401 e. The number of rotatable bonds is 3. The maximum Gasteiger partial charge on any atom is 0.433 e. The highest BCUT2D eigenvalue weighted by Gasteiger charge is 2.10. The molecule has 6 nitrogen and oxygen atoms in total. The lowest BCUT2D eigenvalue weighted by atomic mass is 10.3. The number of nitrogens with zero attached hydrogens (tertiary/aromatic N) is 3. The van der Waals surface area contributed by atoms with Crippen LogP contribution in [0.4, 0.5) is 5.88 Å². The lowest BCUT2D eigenvalue weighted by molar-refractivity contribution is -0.402. The van der Waals surface area contributed by atoms with E-state index in [1.165, 1.54) is 12.1 Å². The summed E-state index contributed by atoms with van der Waals surface area (Å²) >= 11 is 11.9. The first kappa shape index (κ1) is 14.5. The molecule has 0 unspecified atom stereocenters. The largest absolute Gasteiger partial charge is 0.433 e. The Hall–Kier alpha value is -2.44. The molecular formula is C14H7Cl2N3O3. The topological polar surface area (TPSA) is 82.1 Å². The molecule has 0 aliphatic rings. The van der Waals surface area contributed by atoms with Crippen molar-refractivity contribution in [1.29, 1.82) is 0 Å². The van der Waals surface area contributed by atoms with Gasteiger partial charge in [0.1, 0.15) is 10.7 Å². The first-order valence-corrected chi connectivity index (χ1v) is 6.82. The van der Waals surface area contributed by atoms with E-state index < -0.39 is 4.92 Å². The number of benzene rings is 1. The second-order valence-electron chi connectivity index (χ2n) is 4.32. The van der Waals surface area contributed by atoms with Crippen LogP contribution in [-0.4, -0.2) is 14.9 Å². The van der Waals surface area contributed by atoms with E-state index in [1.54, 1.807) is 30.5 Å². The molecule has 8 heteroatoms. The Morgan fingerprint density at radius 1 is 1.14 bits per heavy atom. The Morgan fingerprint density at radius 2 is 1.86 bits per heavy atom. The molecule has 110 valence electrons. The highest BCUT2D eigenvalue weighted by atomic mass is 35.5. The average molecular weight is 336 g/mol. The zero-order chi connectivity index (χ0) is 15.7. The lowest BCUT2D eigenvalue weighted by Crippen LogP contribution is -1.87. The summed E-state index contributed by atoms with van der Waals surface area (Å²) in [5.74, 6) is 0.0356. The van der Waals surface area contributed by atoms with E-state index in [4.69, 9.17) is 27.6 Å². The minimum atomic E-state index is -0.598. The van der Waals surface area contributed by atoms with Gasteiger partial charge in [-0.15, -0.1) is 0 Å². The smallest absolute Gasteiger partial charge is 0.401 e. The summed E-state index contributed by atoms with van der Waals surface area (Å²) in [6, 6.07) is 6.05. The lowest BCUT2D eigenvalue weighted by Gasteiger charge is -2.00.